The molecule has 1 aromatic heterocycles. The molecule has 0 saturated heterocycles. The van der Waals surface area contributed by atoms with Crippen LogP contribution in [-0.4, -0.2) is 22.1 Å². The summed E-state index contributed by atoms with van der Waals surface area (Å²) in [5.41, 5.74) is 4.48. The van der Waals surface area contributed by atoms with Crippen LogP contribution in [0.15, 0.2) is 95.9 Å². The number of aromatic amines is 1. The first-order valence-electron chi connectivity index (χ1n) is 13.2. The number of hydrogen-bond donors (Lipinski definition) is 2. The number of benzene rings is 4. The number of aromatic nitrogens is 2. The van der Waals surface area contributed by atoms with Crippen molar-refractivity contribution in [2.24, 2.45) is 0 Å². The summed E-state index contributed by atoms with van der Waals surface area (Å²) in [5, 5.41) is 7.42. The van der Waals surface area contributed by atoms with Gasteiger partial charge in [-0.15, -0.1) is 13.2 Å². The monoisotopic (exact) mass is 695 g/mol. The van der Waals surface area contributed by atoms with Gasteiger partial charge in [0.1, 0.15) is 5.75 Å². The highest BCUT2D eigenvalue weighted by Crippen LogP contribution is 2.24. The van der Waals surface area contributed by atoms with E-state index in [0.717, 1.165) is 28.8 Å². The largest absolute Gasteiger partial charge is 0.573 e. The van der Waals surface area contributed by atoms with Crippen LogP contribution in [0, 0.1) is 6.92 Å². The van der Waals surface area contributed by atoms with Crippen LogP contribution in [-0.2, 0) is 17.8 Å². The number of carbonyl (C=O) groups is 1. The highest BCUT2D eigenvalue weighted by Gasteiger charge is 2.31. The molecule has 45 heavy (non-hydrogen) atoms. The lowest BCUT2D eigenvalue weighted by Crippen LogP contribution is -2.24. The molecule has 1 amide bonds. The number of alkyl halides is 3. The fourth-order valence-electron chi connectivity index (χ4n) is 4.12. The molecule has 0 atom stereocenters. The zero-order valence-electron chi connectivity index (χ0n) is 23.4. The predicted molar refractivity (Wildman–Crippen MR) is 172 cm³/mol. The van der Waals surface area contributed by atoms with Gasteiger partial charge in [0.2, 0.25) is 5.91 Å². The molecule has 1 heterocycles. The van der Waals surface area contributed by atoms with Crippen molar-refractivity contribution in [3.05, 3.63) is 138 Å². The maximum atomic E-state index is 12.1. The smallest absolute Gasteiger partial charge is 0.406 e. The highest BCUT2D eigenvalue weighted by molar-refractivity contribution is 6.35. The van der Waals surface area contributed by atoms with Gasteiger partial charge in [-0.05, 0) is 72.1 Å². The Kier molecular flexibility index (Phi) is 11.3. The quantitative estimate of drug-likeness (QED) is 0.178. The number of nitrogens with one attached hydrogen (secondary N) is 2. The lowest BCUT2D eigenvalue weighted by molar-refractivity contribution is -0.274. The fourth-order valence-corrected chi connectivity index (χ4v) is 5.20. The zero-order valence-corrected chi connectivity index (χ0v) is 26.4. The van der Waals surface area contributed by atoms with Gasteiger partial charge in [0.05, 0.1) is 17.7 Å². The summed E-state index contributed by atoms with van der Waals surface area (Å²) >= 11 is 23.7. The molecule has 0 bridgehead atoms. The number of amides is 1. The van der Waals surface area contributed by atoms with Gasteiger partial charge < -0.3 is 10.1 Å². The minimum Gasteiger partial charge on any atom is -0.406 e. The van der Waals surface area contributed by atoms with Gasteiger partial charge in [-0.2, -0.15) is 0 Å². The molecule has 2 N–H and O–H groups in total. The van der Waals surface area contributed by atoms with Crippen LogP contribution >= 0.6 is 46.4 Å². The Morgan fingerprint density at radius 2 is 1.38 bits per heavy atom. The van der Waals surface area contributed by atoms with Crippen LogP contribution in [0.3, 0.4) is 0 Å². The summed E-state index contributed by atoms with van der Waals surface area (Å²) in [4.78, 5) is 24.0. The topological polar surface area (TPSA) is 76.1 Å². The minimum absolute atomic E-state index is 0.0284. The van der Waals surface area contributed by atoms with Crippen LogP contribution in [0.5, 0.6) is 5.75 Å². The number of nitrogens with zero attached hydrogens (tertiary/aromatic N) is 1. The van der Waals surface area contributed by atoms with Gasteiger partial charge in [0.15, 0.2) is 0 Å². The second-order valence-corrected chi connectivity index (χ2v) is 11.5. The van der Waals surface area contributed by atoms with Gasteiger partial charge in [-0.25, -0.2) is 0 Å². The van der Waals surface area contributed by atoms with Gasteiger partial charge >= 0.3 is 6.36 Å². The predicted octanol–water partition coefficient (Wildman–Crippen LogP) is 9.20. The van der Waals surface area contributed by atoms with Crippen molar-refractivity contribution in [1.29, 1.82) is 0 Å². The Hall–Kier alpha value is -3.89. The molecule has 234 valence electrons. The Morgan fingerprint density at radius 1 is 0.822 bits per heavy atom. The van der Waals surface area contributed by atoms with Gasteiger partial charge in [0.25, 0.3) is 5.56 Å². The molecule has 0 aliphatic heterocycles. The zero-order chi connectivity index (χ0) is 32.7. The summed E-state index contributed by atoms with van der Waals surface area (Å²) in [6.45, 7) is 2.25. The number of halogens is 7. The molecular weight excluding hydrogens is 673 g/mol. The molecule has 6 nitrogen and oxygen atoms in total. The average Bonchev–Trinajstić information content (AvgIpc) is 3.33. The molecular formula is C32H24Cl4F3N3O3. The fraction of sp³-hybridized carbons (Fsp3) is 0.125. The Bertz CT molecular complexity index is 1800. The maximum Gasteiger partial charge on any atom is 0.573 e. The van der Waals surface area contributed by atoms with Crippen LogP contribution in [0.25, 0.3) is 16.8 Å². The lowest BCUT2D eigenvalue weighted by atomic mass is 10.1. The summed E-state index contributed by atoms with van der Waals surface area (Å²) < 4.78 is 41.6. The first-order chi connectivity index (χ1) is 21.2. The van der Waals surface area contributed by atoms with E-state index in [-0.39, 0.29) is 30.2 Å². The lowest BCUT2D eigenvalue weighted by Gasteiger charge is -2.09. The third kappa shape index (κ3) is 10.6. The van der Waals surface area contributed by atoms with E-state index in [1.54, 1.807) is 47.3 Å². The molecule has 0 radical (unpaired) electrons. The molecule has 5 aromatic rings. The molecule has 0 aliphatic rings. The SMILES string of the molecule is Cc1ccc(-c2cn(-c3cc(Cl)cc(Cl)c3)[nH]c2=O)cc1.O=C(Cc1ccc(OC(F)(F)F)cc1)NCc1cc(Cl)cc(Cl)c1. The summed E-state index contributed by atoms with van der Waals surface area (Å²) in [6.07, 6.45) is -2.97. The number of hydrogen-bond acceptors (Lipinski definition) is 3. The van der Waals surface area contributed by atoms with Crippen LogP contribution in [0.2, 0.25) is 20.1 Å². The molecule has 13 heteroatoms. The number of ether oxygens (including phenoxy) is 1. The van der Waals surface area contributed by atoms with Crippen molar-refractivity contribution in [2.45, 2.75) is 26.3 Å². The Labute approximate surface area is 276 Å². The first kappa shape index (κ1) is 34.0. The summed E-state index contributed by atoms with van der Waals surface area (Å²) in [6, 6.07) is 23.0. The van der Waals surface area contributed by atoms with Gasteiger partial charge in [0, 0.05) is 32.8 Å². The Balaban J connectivity index is 0.000000206. The van der Waals surface area contributed by atoms with Crippen LogP contribution < -0.4 is 15.6 Å². The molecule has 0 unspecified atom stereocenters. The normalized spacial score (nSPS) is 11.0. The van der Waals surface area contributed by atoms with Crippen molar-refractivity contribution in [3.63, 3.8) is 0 Å². The van der Waals surface area contributed by atoms with E-state index in [4.69, 9.17) is 46.4 Å². The standard InChI is InChI=1S/C16H12Cl2F3NO2.C16H12Cl2N2O/c17-12-5-11(6-13(18)8-12)9-22-15(23)7-10-1-3-14(4-2-10)24-16(19,20)21;1-10-2-4-11(5-3-10)15-9-20(19-16(15)21)14-7-12(17)6-13(18)8-14/h1-6,8H,7,9H2,(H,22,23);2-9H,1H3,(H,19,21). The van der Waals surface area contributed by atoms with Crippen molar-refractivity contribution in [3.8, 4) is 22.6 Å². The van der Waals surface area contributed by atoms with Gasteiger partial charge in [-0.1, -0.05) is 88.4 Å². The molecule has 0 spiro atoms. The third-order valence-corrected chi connectivity index (χ3v) is 7.02. The van der Waals surface area contributed by atoms with Gasteiger partial charge in [-0.3, -0.25) is 19.4 Å². The van der Waals surface area contributed by atoms with Crippen molar-refractivity contribution in [1.82, 2.24) is 15.1 Å². The molecule has 0 saturated carbocycles. The first-order valence-corrected chi connectivity index (χ1v) is 14.7. The Morgan fingerprint density at radius 3 is 1.93 bits per heavy atom. The van der Waals surface area contributed by atoms with E-state index >= 15 is 0 Å². The van der Waals surface area contributed by atoms with E-state index in [1.807, 2.05) is 31.2 Å². The number of rotatable bonds is 7. The molecule has 0 fully saturated rings. The number of aryl methyl sites for hydroxylation is 1. The van der Waals surface area contributed by atoms with Crippen LogP contribution in [0.1, 0.15) is 16.7 Å². The second-order valence-electron chi connectivity index (χ2n) is 9.77. The van der Waals surface area contributed by atoms with E-state index in [0.29, 0.717) is 36.9 Å². The van der Waals surface area contributed by atoms with E-state index < -0.39 is 6.36 Å². The number of H-pyrrole nitrogens is 1. The van der Waals surface area contributed by atoms with Crippen molar-refractivity contribution >= 4 is 52.3 Å². The second kappa shape index (κ2) is 14.9. The van der Waals surface area contributed by atoms with E-state index in [2.05, 4.69) is 15.2 Å². The van der Waals surface area contributed by atoms with Crippen molar-refractivity contribution < 1.29 is 22.7 Å². The summed E-state index contributed by atoms with van der Waals surface area (Å²) in [7, 11) is 0. The number of carbonyl (C=O) groups excluding carboxylic acids is 1. The highest BCUT2D eigenvalue weighted by atomic mass is 35.5. The van der Waals surface area contributed by atoms with E-state index in [9.17, 15) is 22.8 Å². The molecule has 5 rings (SSSR count). The minimum atomic E-state index is -4.74. The summed E-state index contributed by atoms with van der Waals surface area (Å²) in [5.74, 6) is -0.615. The third-order valence-electron chi connectivity index (χ3n) is 6.15. The maximum absolute atomic E-state index is 12.1. The van der Waals surface area contributed by atoms with Crippen molar-refractivity contribution in [2.75, 3.05) is 0 Å². The van der Waals surface area contributed by atoms with E-state index in [1.165, 1.54) is 12.1 Å². The molecule has 0 aliphatic carbocycles. The van der Waals surface area contributed by atoms with Crippen LogP contribution in [0.4, 0.5) is 13.2 Å². The molecule has 4 aromatic carbocycles. The average molecular weight is 697 g/mol.